The van der Waals surface area contributed by atoms with Gasteiger partial charge in [0.2, 0.25) is 0 Å². The average Bonchev–Trinajstić information content (AvgIpc) is 3.22. The molecule has 2 aliphatic heterocycles. The number of carbonyl (C=O) groups excluding carboxylic acids is 1. The van der Waals surface area contributed by atoms with Crippen LogP contribution in [-0.4, -0.2) is 18.1 Å². The first-order valence-corrected chi connectivity index (χ1v) is 8.02. The number of piperidine rings is 1. The van der Waals surface area contributed by atoms with Gasteiger partial charge in [-0.3, -0.25) is 4.79 Å². The highest BCUT2D eigenvalue weighted by Gasteiger charge is 2.55. The molecule has 2 N–H and O–H groups in total. The predicted molar refractivity (Wildman–Crippen MR) is 81.8 cm³/mol. The molecule has 1 aliphatic carbocycles. The van der Waals surface area contributed by atoms with Crippen molar-refractivity contribution in [2.75, 3.05) is 11.9 Å². The molecule has 0 bridgehead atoms. The summed E-state index contributed by atoms with van der Waals surface area (Å²) in [4.78, 5) is 12.0. The second-order valence-electron chi connectivity index (χ2n) is 6.57. The van der Waals surface area contributed by atoms with Crippen LogP contribution in [0.15, 0.2) is 12.1 Å². The summed E-state index contributed by atoms with van der Waals surface area (Å²) in [5.74, 6) is 1.38. The van der Waals surface area contributed by atoms with Crippen molar-refractivity contribution in [2.24, 2.45) is 5.92 Å². The Labute approximate surface area is 129 Å². The van der Waals surface area contributed by atoms with E-state index in [-0.39, 0.29) is 5.91 Å². The zero-order valence-corrected chi connectivity index (χ0v) is 12.8. The second kappa shape index (κ2) is 4.62. The molecule has 112 valence electrons. The summed E-state index contributed by atoms with van der Waals surface area (Å²) in [7, 11) is 0. The summed E-state index contributed by atoms with van der Waals surface area (Å²) in [5, 5.41) is 7.03. The van der Waals surface area contributed by atoms with E-state index in [0.29, 0.717) is 16.8 Å². The van der Waals surface area contributed by atoms with Crippen molar-refractivity contribution in [3.05, 3.63) is 22.7 Å². The van der Waals surface area contributed by atoms with Crippen LogP contribution in [0.5, 0.6) is 5.75 Å². The third-order valence-corrected chi connectivity index (χ3v) is 5.10. The van der Waals surface area contributed by atoms with Crippen LogP contribution >= 0.6 is 11.6 Å². The number of ether oxygens (including phenoxy) is 1. The van der Waals surface area contributed by atoms with Crippen molar-refractivity contribution >= 4 is 23.2 Å². The van der Waals surface area contributed by atoms with Gasteiger partial charge >= 0.3 is 0 Å². The van der Waals surface area contributed by atoms with Gasteiger partial charge in [-0.05, 0) is 43.0 Å². The zero-order valence-electron chi connectivity index (χ0n) is 12.0. The van der Waals surface area contributed by atoms with Crippen molar-refractivity contribution in [1.29, 1.82) is 0 Å². The van der Waals surface area contributed by atoms with E-state index >= 15 is 0 Å². The van der Waals surface area contributed by atoms with Crippen molar-refractivity contribution in [3.63, 3.8) is 0 Å². The molecule has 0 radical (unpaired) electrons. The van der Waals surface area contributed by atoms with E-state index in [2.05, 4.69) is 17.6 Å². The van der Waals surface area contributed by atoms with Gasteiger partial charge in [0.25, 0.3) is 5.91 Å². The molecule has 1 aromatic carbocycles. The lowest BCUT2D eigenvalue weighted by molar-refractivity contribution is -0.125. The Balaban J connectivity index is 1.66. The lowest BCUT2D eigenvalue weighted by Crippen LogP contribution is -2.39. The Bertz CT molecular complexity index is 605. The first-order valence-electron chi connectivity index (χ1n) is 7.65. The van der Waals surface area contributed by atoms with Crippen LogP contribution in [0.2, 0.25) is 5.02 Å². The van der Waals surface area contributed by atoms with Gasteiger partial charge in [0, 0.05) is 18.9 Å². The first kappa shape index (κ1) is 13.4. The molecule has 1 spiro atoms. The summed E-state index contributed by atoms with van der Waals surface area (Å²) in [6.45, 7) is 3.29. The number of amides is 1. The largest absolute Gasteiger partial charge is 0.475 e. The van der Waals surface area contributed by atoms with Crippen LogP contribution in [0, 0.1) is 5.92 Å². The molecule has 3 aliphatic rings. The van der Waals surface area contributed by atoms with Gasteiger partial charge in [-0.25, -0.2) is 0 Å². The van der Waals surface area contributed by atoms with Crippen LogP contribution in [-0.2, 0) is 4.79 Å². The topological polar surface area (TPSA) is 50.4 Å². The quantitative estimate of drug-likeness (QED) is 0.837. The lowest BCUT2D eigenvalue weighted by atomic mass is 9.92. The van der Waals surface area contributed by atoms with Gasteiger partial charge < -0.3 is 15.4 Å². The van der Waals surface area contributed by atoms with Crippen LogP contribution in [0.3, 0.4) is 0 Å². The van der Waals surface area contributed by atoms with Gasteiger partial charge in [0.05, 0.1) is 5.02 Å². The Kier molecular flexibility index (Phi) is 2.95. The van der Waals surface area contributed by atoms with Crippen LogP contribution in [0.1, 0.15) is 44.2 Å². The normalized spacial score (nSPS) is 29.5. The molecule has 5 heteroatoms. The van der Waals surface area contributed by atoms with E-state index in [0.717, 1.165) is 43.0 Å². The number of hydrogen-bond acceptors (Lipinski definition) is 3. The fourth-order valence-corrected chi connectivity index (χ4v) is 3.48. The molecular formula is C16H19ClN2O2. The van der Waals surface area contributed by atoms with Crippen molar-refractivity contribution in [3.8, 4) is 5.75 Å². The van der Waals surface area contributed by atoms with E-state index in [1.807, 2.05) is 12.1 Å². The number of fused-ring (bicyclic) bond motifs is 1. The maximum Gasteiger partial charge on any atom is 0.268 e. The fraction of sp³-hybridized carbons (Fsp3) is 0.562. The number of carbonyl (C=O) groups is 1. The number of halogens is 1. The first-order chi connectivity index (χ1) is 10.1. The number of benzene rings is 1. The number of anilines is 1. The van der Waals surface area contributed by atoms with Gasteiger partial charge in [0.1, 0.15) is 11.4 Å². The van der Waals surface area contributed by atoms with E-state index in [1.165, 1.54) is 6.42 Å². The highest BCUT2D eigenvalue weighted by atomic mass is 35.5. The summed E-state index contributed by atoms with van der Waals surface area (Å²) in [6, 6.07) is 4.30. The van der Waals surface area contributed by atoms with Crippen LogP contribution < -0.4 is 15.4 Å². The molecule has 1 amide bonds. The number of rotatable bonds is 1. The molecule has 1 saturated carbocycles. The third-order valence-electron chi connectivity index (χ3n) is 4.80. The monoisotopic (exact) mass is 306 g/mol. The number of nitrogens with one attached hydrogen (secondary N) is 2. The second-order valence-corrected chi connectivity index (χ2v) is 6.98. The Morgan fingerprint density at radius 1 is 1.33 bits per heavy atom. The van der Waals surface area contributed by atoms with Crippen molar-refractivity contribution in [1.82, 2.24) is 5.32 Å². The Morgan fingerprint density at radius 2 is 2.14 bits per heavy atom. The molecule has 2 atom stereocenters. The molecule has 1 unspecified atom stereocenters. The van der Waals surface area contributed by atoms with Gasteiger partial charge in [-0.2, -0.15) is 0 Å². The molecule has 4 rings (SSSR count). The van der Waals surface area contributed by atoms with E-state index in [4.69, 9.17) is 16.3 Å². The van der Waals surface area contributed by atoms with Gasteiger partial charge in [0.15, 0.2) is 5.60 Å². The highest BCUT2D eigenvalue weighted by Crippen LogP contribution is 2.49. The summed E-state index contributed by atoms with van der Waals surface area (Å²) in [5.41, 5.74) is 1.15. The zero-order chi connectivity index (χ0) is 14.6. The molecule has 4 nitrogen and oxygen atoms in total. The smallest absolute Gasteiger partial charge is 0.268 e. The molecule has 21 heavy (non-hydrogen) atoms. The van der Waals surface area contributed by atoms with E-state index in [1.54, 1.807) is 0 Å². The van der Waals surface area contributed by atoms with Crippen molar-refractivity contribution in [2.45, 2.75) is 44.2 Å². The minimum Gasteiger partial charge on any atom is -0.475 e. The minimum atomic E-state index is -0.622. The SMILES string of the molecule is C[C@H]1CCC(c2cc(Cl)c3c(c2)OC2(CC2)C(=O)N3)NC1. The van der Waals surface area contributed by atoms with E-state index in [9.17, 15) is 4.79 Å². The Morgan fingerprint density at radius 3 is 2.81 bits per heavy atom. The minimum absolute atomic E-state index is 0.0609. The Hall–Kier alpha value is -1.26. The molecule has 1 saturated heterocycles. The molecule has 0 aromatic heterocycles. The van der Waals surface area contributed by atoms with Crippen molar-refractivity contribution < 1.29 is 9.53 Å². The van der Waals surface area contributed by atoms with Gasteiger partial charge in [-0.15, -0.1) is 0 Å². The highest BCUT2D eigenvalue weighted by molar-refractivity contribution is 6.34. The third kappa shape index (κ3) is 2.21. The number of hydrogen-bond donors (Lipinski definition) is 2. The average molecular weight is 307 g/mol. The molecule has 1 aromatic rings. The summed E-state index contributed by atoms with van der Waals surface area (Å²) >= 11 is 6.35. The van der Waals surface area contributed by atoms with Crippen LogP contribution in [0.4, 0.5) is 5.69 Å². The van der Waals surface area contributed by atoms with E-state index < -0.39 is 5.60 Å². The molecule has 2 heterocycles. The lowest BCUT2D eigenvalue weighted by Gasteiger charge is -2.31. The maximum absolute atomic E-state index is 12.0. The standard InChI is InChI=1S/C16H19ClN2O2/c1-9-2-3-12(18-8-9)10-6-11(17)14-13(7-10)21-16(4-5-16)15(20)19-14/h6-7,9,12,18H,2-5,8H2,1H3,(H,19,20)/t9-,12?/m0/s1. The maximum atomic E-state index is 12.0. The summed E-state index contributed by atoms with van der Waals surface area (Å²) < 4.78 is 5.95. The molecular weight excluding hydrogens is 288 g/mol. The summed E-state index contributed by atoms with van der Waals surface area (Å²) in [6.07, 6.45) is 3.90. The van der Waals surface area contributed by atoms with Crippen LogP contribution in [0.25, 0.3) is 0 Å². The van der Waals surface area contributed by atoms with Gasteiger partial charge in [-0.1, -0.05) is 18.5 Å². The fourth-order valence-electron chi connectivity index (χ4n) is 3.21. The molecule has 2 fully saturated rings. The predicted octanol–water partition coefficient (Wildman–Crippen LogP) is 3.26.